The van der Waals surface area contributed by atoms with E-state index in [0.29, 0.717) is 11.3 Å². The van der Waals surface area contributed by atoms with Gasteiger partial charge in [-0.15, -0.1) is 5.11 Å². The van der Waals surface area contributed by atoms with Crippen molar-refractivity contribution in [2.45, 2.75) is 20.0 Å². The molecule has 0 aliphatic carbocycles. The Hall–Kier alpha value is -1.03. The molecule has 1 amide bonds. The minimum absolute atomic E-state index is 0.306. The molecule has 0 aromatic heterocycles. The number of allylic oxidation sites excluding steroid dienone is 1. The summed E-state index contributed by atoms with van der Waals surface area (Å²) in [5.74, 6) is -0.424. The second-order valence-corrected chi connectivity index (χ2v) is 2.18. The summed E-state index contributed by atoms with van der Waals surface area (Å²) in [6.07, 6.45) is -0.762. The van der Waals surface area contributed by atoms with E-state index in [2.05, 4.69) is 10.2 Å². The van der Waals surface area contributed by atoms with Crippen LogP contribution in [-0.4, -0.2) is 17.1 Å². The second-order valence-electron chi connectivity index (χ2n) is 2.18. The van der Waals surface area contributed by atoms with E-state index in [-0.39, 0.29) is 0 Å². The molecule has 0 aromatic carbocycles. The Labute approximate surface area is 58.3 Å². The predicted octanol–water partition coefficient (Wildman–Crippen LogP) is 0.634. The normalized spacial score (nSPS) is 20.5. The van der Waals surface area contributed by atoms with Gasteiger partial charge in [0.05, 0.1) is 17.4 Å². The summed E-state index contributed by atoms with van der Waals surface area (Å²) in [4.78, 5) is 10.7. The first-order valence-corrected chi connectivity index (χ1v) is 2.98. The molecule has 10 heavy (non-hydrogen) atoms. The third-order valence-electron chi connectivity index (χ3n) is 1.33. The molecular formula is C6H8N2O2. The number of rotatable bonds is 1. The summed E-state index contributed by atoms with van der Waals surface area (Å²) < 4.78 is 0. The first-order chi connectivity index (χ1) is 4.63. The molecule has 1 N–H and O–H groups in total. The fourth-order valence-corrected chi connectivity index (χ4v) is 0.864. The number of aliphatic hydroxyl groups is 1. The lowest BCUT2D eigenvalue weighted by Gasteiger charge is -2.00. The Kier molecular flexibility index (Phi) is 1.63. The van der Waals surface area contributed by atoms with E-state index < -0.39 is 12.0 Å². The third kappa shape index (κ3) is 0.974. The van der Waals surface area contributed by atoms with Crippen LogP contribution in [0, 0.1) is 0 Å². The zero-order chi connectivity index (χ0) is 7.72. The van der Waals surface area contributed by atoms with E-state index in [1.54, 1.807) is 6.92 Å². The molecule has 4 nitrogen and oxygen atoms in total. The molecule has 4 heteroatoms. The van der Waals surface area contributed by atoms with Crippen molar-refractivity contribution >= 4 is 5.91 Å². The monoisotopic (exact) mass is 140 g/mol. The molecule has 1 aliphatic rings. The predicted molar refractivity (Wildman–Crippen MR) is 34.2 cm³/mol. The number of carbonyl (C=O) groups is 1. The number of hydrogen-bond acceptors (Lipinski definition) is 3. The van der Waals surface area contributed by atoms with Crippen LogP contribution in [0.1, 0.15) is 13.8 Å². The van der Waals surface area contributed by atoms with Gasteiger partial charge in [-0.05, 0) is 13.8 Å². The second kappa shape index (κ2) is 2.30. The molecule has 1 unspecified atom stereocenters. The quantitative estimate of drug-likeness (QED) is 0.580. The first-order valence-electron chi connectivity index (χ1n) is 2.98. The van der Waals surface area contributed by atoms with Crippen LogP contribution >= 0.6 is 0 Å². The molecule has 0 saturated carbocycles. The van der Waals surface area contributed by atoms with Gasteiger partial charge in [-0.1, -0.05) is 0 Å². The Morgan fingerprint density at radius 3 is 2.30 bits per heavy atom. The van der Waals surface area contributed by atoms with E-state index in [0.717, 1.165) is 0 Å². The SMILES string of the molecule is CC1=C(C(C)O)C(=O)N=N1. The molecule has 1 heterocycles. The van der Waals surface area contributed by atoms with Crippen molar-refractivity contribution in [2.75, 3.05) is 0 Å². The number of carbonyl (C=O) groups excluding carboxylic acids is 1. The number of amides is 1. The molecule has 1 atom stereocenters. The van der Waals surface area contributed by atoms with Gasteiger partial charge in [0.2, 0.25) is 0 Å². The van der Waals surface area contributed by atoms with Gasteiger partial charge in [-0.3, -0.25) is 4.79 Å². The zero-order valence-corrected chi connectivity index (χ0v) is 5.83. The summed E-state index contributed by atoms with van der Waals surface area (Å²) >= 11 is 0. The van der Waals surface area contributed by atoms with Gasteiger partial charge in [0.25, 0.3) is 5.91 Å². The lowest BCUT2D eigenvalue weighted by atomic mass is 10.1. The van der Waals surface area contributed by atoms with Gasteiger partial charge >= 0.3 is 0 Å². The highest BCUT2D eigenvalue weighted by molar-refractivity contribution is 5.96. The van der Waals surface area contributed by atoms with Gasteiger partial charge in [0, 0.05) is 0 Å². The van der Waals surface area contributed by atoms with Gasteiger partial charge in [0.15, 0.2) is 0 Å². The highest BCUT2D eigenvalue weighted by atomic mass is 16.3. The van der Waals surface area contributed by atoms with Crippen LogP contribution in [-0.2, 0) is 4.79 Å². The molecule has 1 aliphatic heterocycles. The molecule has 0 spiro atoms. The molecule has 0 fully saturated rings. The minimum Gasteiger partial charge on any atom is -0.388 e. The van der Waals surface area contributed by atoms with E-state index in [9.17, 15) is 4.79 Å². The van der Waals surface area contributed by atoms with Crippen LogP contribution in [0.2, 0.25) is 0 Å². The molecule has 0 aromatic rings. The smallest absolute Gasteiger partial charge is 0.295 e. The topological polar surface area (TPSA) is 62.0 Å². The number of aliphatic hydroxyl groups excluding tert-OH is 1. The Balaban J connectivity index is 2.96. The van der Waals surface area contributed by atoms with E-state index in [4.69, 9.17) is 5.11 Å². The summed E-state index contributed by atoms with van der Waals surface area (Å²) in [6, 6.07) is 0. The van der Waals surface area contributed by atoms with Crippen molar-refractivity contribution in [3.8, 4) is 0 Å². The van der Waals surface area contributed by atoms with Crippen LogP contribution in [0.4, 0.5) is 0 Å². The molecular weight excluding hydrogens is 132 g/mol. The zero-order valence-electron chi connectivity index (χ0n) is 5.83. The average molecular weight is 140 g/mol. The van der Waals surface area contributed by atoms with E-state index >= 15 is 0 Å². The van der Waals surface area contributed by atoms with Crippen LogP contribution in [0.25, 0.3) is 0 Å². The molecule has 0 saturated heterocycles. The maximum atomic E-state index is 10.7. The highest BCUT2D eigenvalue weighted by Crippen LogP contribution is 2.18. The van der Waals surface area contributed by atoms with Gasteiger partial charge < -0.3 is 5.11 Å². The summed E-state index contributed by atoms with van der Waals surface area (Å²) in [5, 5.41) is 15.8. The minimum atomic E-state index is -0.762. The maximum Gasteiger partial charge on any atom is 0.295 e. The van der Waals surface area contributed by atoms with Crippen molar-refractivity contribution in [3.05, 3.63) is 11.3 Å². The maximum absolute atomic E-state index is 10.7. The molecule has 0 bridgehead atoms. The lowest BCUT2D eigenvalue weighted by Crippen LogP contribution is -2.11. The molecule has 0 radical (unpaired) electrons. The largest absolute Gasteiger partial charge is 0.388 e. The van der Waals surface area contributed by atoms with Gasteiger partial charge in [-0.25, -0.2) is 0 Å². The summed E-state index contributed by atoms with van der Waals surface area (Å²) in [7, 11) is 0. The third-order valence-corrected chi connectivity index (χ3v) is 1.33. The van der Waals surface area contributed by atoms with E-state index in [1.807, 2.05) is 0 Å². The fraction of sp³-hybridized carbons (Fsp3) is 0.500. The number of hydrogen-bond donors (Lipinski definition) is 1. The lowest BCUT2D eigenvalue weighted by molar-refractivity contribution is -0.115. The van der Waals surface area contributed by atoms with Crippen molar-refractivity contribution < 1.29 is 9.90 Å². The number of azo groups is 1. The molecule has 1 rings (SSSR count). The van der Waals surface area contributed by atoms with Gasteiger partial charge in [-0.2, -0.15) is 5.11 Å². The van der Waals surface area contributed by atoms with Crippen molar-refractivity contribution in [2.24, 2.45) is 10.2 Å². The van der Waals surface area contributed by atoms with Crippen LogP contribution in [0.15, 0.2) is 21.5 Å². The van der Waals surface area contributed by atoms with Crippen molar-refractivity contribution in [3.63, 3.8) is 0 Å². The summed E-state index contributed by atoms with van der Waals surface area (Å²) in [6.45, 7) is 3.17. The van der Waals surface area contributed by atoms with E-state index in [1.165, 1.54) is 6.92 Å². The first kappa shape index (κ1) is 7.08. The van der Waals surface area contributed by atoms with Crippen molar-refractivity contribution in [1.29, 1.82) is 0 Å². The van der Waals surface area contributed by atoms with Gasteiger partial charge in [0.1, 0.15) is 0 Å². The molecule has 54 valence electrons. The Morgan fingerprint density at radius 2 is 2.10 bits per heavy atom. The van der Waals surface area contributed by atoms with Crippen molar-refractivity contribution in [1.82, 2.24) is 0 Å². The summed E-state index contributed by atoms with van der Waals surface area (Å²) in [5.41, 5.74) is 0.819. The fourth-order valence-electron chi connectivity index (χ4n) is 0.864. The number of nitrogens with zero attached hydrogens (tertiary/aromatic N) is 2. The Morgan fingerprint density at radius 1 is 1.50 bits per heavy atom. The average Bonchev–Trinajstić information content (AvgIpc) is 2.11. The Bertz CT molecular complexity index is 228. The highest BCUT2D eigenvalue weighted by Gasteiger charge is 2.22. The van der Waals surface area contributed by atoms with Crippen LogP contribution < -0.4 is 0 Å². The van der Waals surface area contributed by atoms with Crippen LogP contribution in [0.5, 0.6) is 0 Å². The van der Waals surface area contributed by atoms with Crippen LogP contribution in [0.3, 0.4) is 0 Å². The standard InChI is InChI=1S/C6H8N2O2/c1-3-5(4(2)9)6(10)8-7-3/h4,9H,1-2H3.